The Labute approximate surface area is 186 Å². The van der Waals surface area contributed by atoms with Gasteiger partial charge in [0.05, 0.1) is 25.6 Å². The molecule has 0 aliphatic rings. The Morgan fingerprint density at radius 1 is 1.23 bits per heavy atom. The molecule has 0 fully saturated rings. The average Bonchev–Trinajstić information content (AvgIpc) is 3.23. The van der Waals surface area contributed by atoms with E-state index in [1.165, 1.54) is 38.7 Å². The van der Waals surface area contributed by atoms with Crippen LogP contribution in [0, 0.1) is 11.3 Å². The van der Waals surface area contributed by atoms with Gasteiger partial charge in [0.1, 0.15) is 16.6 Å². The van der Waals surface area contributed by atoms with Gasteiger partial charge in [0, 0.05) is 33.2 Å². The molecule has 0 saturated heterocycles. The van der Waals surface area contributed by atoms with Crippen LogP contribution < -0.4 is 14.8 Å². The predicted molar refractivity (Wildman–Crippen MR) is 122 cm³/mol. The van der Waals surface area contributed by atoms with Crippen LogP contribution in [0.15, 0.2) is 52.5 Å². The van der Waals surface area contributed by atoms with Crippen LogP contribution >= 0.6 is 27.3 Å². The van der Waals surface area contributed by atoms with E-state index in [2.05, 4.69) is 32.3 Å². The van der Waals surface area contributed by atoms with Gasteiger partial charge in [0.25, 0.3) is 0 Å². The summed E-state index contributed by atoms with van der Waals surface area (Å²) in [6.45, 7) is 1.46. The number of carbonyl (C=O) groups excluding carboxylic acids is 1. The molecule has 6 nitrogen and oxygen atoms in total. The molecule has 30 heavy (non-hydrogen) atoms. The van der Waals surface area contributed by atoms with Crippen LogP contribution in [-0.2, 0) is 0 Å². The lowest BCUT2D eigenvalue weighted by molar-refractivity contribution is 0.101. The SMILES string of the molecule is COc1cc(N/C=C(\C#N)c2nc(-c3cccc(Br)c3)cs2)c(C(C)=O)cc1OC. The fraction of sp³-hybridized carbons (Fsp3) is 0.136. The third-order valence-electron chi connectivity index (χ3n) is 4.25. The van der Waals surface area contributed by atoms with Crippen molar-refractivity contribution < 1.29 is 14.3 Å². The van der Waals surface area contributed by atoms with Crippen LogP contribution in [-0.4, -0.2) is 25.0 Å². The van der Waals surface area contributed by atoms with Gasteiger partial charge in [-0.05, 0) is 25.1 Å². The van der Waals surface area contributed by atoms with E-state index in [0.29, 0.717) is 33.3 Å². The van der Waals surface area contributed by atoms with Gasteiger partial charge < -0.3 is 14.8 Å². The van der Waals surface area contributed by atoms with Gasteiger partial charge >= 0.3 is 0 Å². The molecule has 0 aliphatic heterocycles. The van der Waals surface area contributed by atoms with Crippen molar-refractivity contribution in [1.29, 1.82) is 5.26 Å². The lowest BCUT2D eigenvalue weighted by Gasteiger charge is -2.13. The molecule has 1 N–H and O–H groups in total. The molecule has 0 saturated carbocycles. The van der Waals surface area contributed by atoms with E-state index in [1.54, 1.807) is 12.1 Å². The number of carbonyl (C=O) groups is 1. The Morgan fingerprint density at radius 2 is 1.97 bits per heavy atom. The summed E-state index contributed by atoms with van der Waals surface area (Å²) in [6.07, 6.45) is 1.54. The number of thiazole rings is 1. The van der Waals surface area contributed by atoms with E-state index in [-0.39, 0.29) is 5.78 Å². The number of allylic oxidation sites excluding steroid dienone is 1. The summed E-state index contributed by atoms with van der Waals surface area (Å²) in [5.41, 5.74) is 3.03. The predicted octanol–water partition coefficient (Wildman–Crippen LogP) is 5.77. The van der Waals surface area contributed by atoms with Gasteiger partial charge in [0.15, 0.2) is 17.3 Å². The zero-order valence-electron chi connectivity index (χ0n) is 16.5. The molecule has 0 atom stereocenters. The Kier molecular flexibility index (Phi) is 6.87. The number of ketones is 1. The number of nitrogens with zero attached hydrogens (tertiary/aromatic N) is 2. The second-order valence-electron chi connectivity index (χ2n) is 6.17. The Balaban J connectivity index is 1.93. The molecule has 2 aromatic carbocycles. The van der Waals surface area contributed by atoms with Crippen molar-refractivity contribution >= 4 is 44.3 Å². The molecule has 8 heteroatoms. The number of nitrogens with one attached hydrogen (secondary N) is 1. The van der Waals surface area contributed by atoms with Crippen LogP contribution in [0.2, 0.25) is 0 Å². The largest absolute Gasteiger partial charge is 0.493 e. The molecule has 1 aromatic heterocycles. The van der Waals surface area contributed by atoms with Gasteiger partial charge in [-0.2, -0.15) is 5.26 Å². The second-order valence-corrected chi connectivity index (χ2v) is 7.95. The van der Waals surface area contributed by atoms with Crippen molar-refractivity contribution in [1.82, 2.24) is 4.98 Å². The highest BCUT2D eigenvalue weighted by atomic mass is 79.9. The lowest BCUT2D eigenvalue weighted by Crippen LogP contribution is -2.03. The normalized spacial score (nSPS) is 11.0. The maximum Gasteiger partial charge on any atom is 0.162 e. The Morgan fingerprint density at radius 3 is 2.60 bits per heavy atom. The first-order valence-electron chi connectivity index (χ1n) is 8.82. The molecule has 0 unspecified atom stereocenters. The van der Waals surface area contributed by atoms with E-state index >= 15 is 0 Å². The Hall–Kier alpha value is -3.15. The minimum absolute atomic E-state index is 0.142. The molecule has 3 aromatic rings. The molecule has 1 heterocycles. The van der Waals surface area contributed by atoms with Crippen LogP contribution in [0.1, 0.15) is 22.3 Å². The molecule has 3 rings (SSSR count). The van der Waals surface area contributed by atoms with E-state index in [9.17, 15) is 10.1 Å². The minimum atomic E-state index is -0.142. The van der Waals surface area contributed by atoms with Gasteiger partial charge in [-0.3, -0.25) is 4.79 Å². The summed E-state index contributed by atoms with van der Waals surface area (Å²) >= 11 is 4.83. The van der Waals surface area contributed by atoms with E-state index in [1.807, 2.05) is 29.6 Å². The third kappa shape index (κ3) is 4.70. The molecule has 0 aliphatic carbocycles. The first-order chi connectivity index (χ1) is 14.5. The van der Waals surface area contributed by atoms with Crippen molar-refractivity contribution in [2.24, 2.45) is 0 Å². The second kappa shape index (κ2) is 9.57. The number of Topliss-reactive ketones (excluding diaryl/α,β-unsaturated/α-hetero) is 1. The highest BCUT2D eigenvalue weighted by Gasteiger charge is 2.15. The molecule has 0 amide bonds. The van der Waals surface area contributed by atoms with Crippen molar-refractivity contribution in [3.8, 4) is 28.8 Å². The first-order valence-corrected chi connectivity index (χ1v) is 10.5. The molecule has 152 valence electrons. The van der Waals surface area contributed by atoms with Crippen LogP contribution in [0.5, 0.6) is 11.5 Å². The highest BCUT2D eigenvalue weighted by Crippen LogP contribution is 2.34. The zero-order valence-corrected chi connectivity index (χ0v) is 18.9. The first kappa shape index (κ1) is 21.6. The summed E-state index contributed by atoms with van der Waals surface area (Å²) in [7, 11) is 3.03. The number of benzene rings is 2. The van der Waals surface area contributed by atoms with Crippen LogP contribution in [0.25, 0.3) is 16.8 Å². The van der Waals surface area contributed by atoms with Gasteiger partial charge in [-0.25, -0.2) is 4.98 Å². The third-order valence-corrected chi connectivity index (χ3v) is 5.62. The quantitative estimate of drug-likeness (QED) is 0.339. The van der Waals surface area contributed by atoms with Gasteiger partial charge in [-0.1, -0.05) is 28.1 Å². The molecule has 0 radical (unpaired) electrons. The average molecular weight is 484 g/mol. The smallest absolute Gasteiger partial charge is 0.162 e. The molecule has 0 spiro atoms. The molecular weight excluding hydrogens is 466 g/mol. The van der Waals surface area contributed by atoms with Crippen molar-refractivity contribution in [2.75, 3.05) is 19.5 Å². The topological polar surface area (TPSA) is 84.2 Å². The number of nitriles is 1. The number of aromatic nitrogens is 1. The van der Waals surface area contributed by atoms with Crippen LogP contribution in [0.3, 0.4) is 0 Å². The minimum Gasteiger partial charge on any atom is -0.493 e. The van der Waals surface area contributed by atoms with E-state index in [4.69, 9.17) is 9.47 Å². The van der Waals surface area contributed by atoms with Crippen LogP contribution in [0.4, 0.5) is 5.69 Å². The van der Waals surface area contributed by atoms with Crippen molar-refractivity contribution in [2.45, 2.75) is 6.92 Å². The van der Waals surface area contributed by atoms with E-state index in [0.717, 1.165) is 15.7 Å². The van der Waals surface area contributed by atoms with Gasteiger partial charge in [-0.15, -0.1) is 11.3 Å². The zero-order chi connectivity index (χ0) is 21.7. The highest BCUT2D eigenvalue weighted by molar-refractivity contribution is 9.10. The number of methoxy groups -OCH3 is 2. The Bertz CT molecular complexity index is 1160. The molecular formula is C22H18BrN3O3S. The standard InChI is InChI=1S/C22H18BrN3O3S/c1-13(27)17-8-20(28-2)21(29-3)9-18(17)25-11-15(10-24)22-26-19(12-30-22)14-5-4-6-16(23)7-14/h4-9,11-12,25H,1-3H3/b15-11+. The summed E-state index contributed by atoms with van der Waals surface area (Å²) < 4.78 is 11.5. The number of ether oxygens (including phenoxy) is 2. The summed E-state index contributed by atoms with van der Waals surface area (Å²) in [5, 5.41) is 15.2. The maximum atomic E-state index is 12.1. The molecule has 0 bridgehead atoms. The van der Waals surface area contributed by atoms with E-state index < -0.39 is 0 Å². The fourth-order valence-corrected chi connectivity index (χ4v) is 3.95. The fourth-order valence-electron chi connectivity index (χ4n) is 2.76. The van der Waals surface area contributed by atoms with Crippen molar-refractivity contribution in [3.05, 3.63) is 63.0 Å². The van der Waals surface area contributed by atoms with Gasteiger partial charge in [0.2, 0.25) is 0 Å². The number of hydrogen-bond acceptors (Lipinski definition) is 7. The summed E-state index contributed by atoms with van der Waals surface area (Å²) in [6, 6.07) is 13.2. The van der Waals surface area contributed by atoms with Crippen molar-refractivity contribution in [3.63, 3.8) is 0 Å². The summed E-state index contributed by atoms with van der Waals surface area (Å²) in [5.74, 6) is 0.788. The lowest BCUT2D eigenvalue weighted by atomic mass is 10.1. The number of hydrogen-bond donors (Lipinski definition) is 1. The number of rotatable bonds is 7. The monoisotopic (exact) mass is 483 g/mol. The summed E-state index contributed by atoms with van der Waals surface area (Å²) in [4.78, 5) is 16.6. The number of anilines is 1. The number of halogens is 1. The maximum absolute atomic E-state index is 12.1.